The van der Waals surface area contributed by atoms with Gasteiger partial charge in [0.2, 0.25) is 5.91 Å². The SMILES string of the molecule is CNC[C@H](N)C(=O)NCCSC(c1ccccc1)(c1ccccc1)c1ccccc1. The predicted molar refractivity (Wildman–Crippen MR) is 127 cm³/mol. The van der Waals surface area contributed by atoms with Gasteiger partial charge in [0.1, 0.15) is 0 Å². The molecule has 5 heteroatoms. The molecular formula is C25H29N3OS. The van der Waals surface area contributed by atoms with E-state index in [1.54, 1.807) is 7.05 Å². The first-order valence-corrected chi connectivity index (χ1v) is 11.2. The Hall–Kier alpha value is -2.60. The van der Waals surface area contributed by atoms with Crippen molar-refractivity contribution in [2.45, 2.75) is 10.8 Å². The average Bonchev–Trinajstić information content (AvgIpc) is 2.81. The Morgan fingerprint density at radius 3 is 1.70 bits per heavy atom. The maximum atomic E-state index is 12.2. The molecule has 156 valence electrons. The summed E-state index contributed by atoms with van der Waals surface area (Å²) >= 11 is 1.82. The molecule has 30 heavy (non-hydrogen) atoms. The molecule has 0 bridgehead atoms. The van der Waals surface area contributed by atoms with Crippen molar-refractivity contribution in [1.82, 2.24) is 10.6 Å². The molecule has 0 aliphatic rings. The Balaban J connectivity index is 1.91. The van der Waals surface area contributed by atoms with E-state index in [1.807, 2.05) is 30.0 Å². The van der Waals surface area contributed by atoms with Gasteiger partial charge in [-0.3, -0.25) is 4.79 Å². The second-order valence-corrected chi connectivity index (χ2v) is 8.39. The van der Waals surface area contributed by atoms with Gasteiger partial charge in [-0.2, -0.15) is 0 Å². The zero-order chi connectivity index (χ0) is 21.2. The highest BCUT2D eigenvalue weighted by Crippen LogP contribution is 2.48. The van der Waals surface area contributed by atoms with Crippen molar-refractivity contribution < 1.29 is 4.79 Å². The maximum Gasteiger partial charge on any atom is 0.238 e. The lowest BCUT2D eigenvalue weighted by Crippen LogP contribution is -2.46. The number of rotatable bonds is 10. The lowest BCUT2D eigenvalue weighted by atomic mass is 9.84. The van der Waals surface area contributed by atoms with Crippen LogP contribution in [0.4, 0.5) is 0 Å². The van der Waals surface area contributed by atoms with Crippen LogP contribution in [0.5, 0.6) is 0 Å². The minimum atomic E-state index is -0.540. The zero-order valence-electron chi connectivity index (χ0n) is 17.3. The summed E-state index contributed by atoms with van der Waals surface area (Å²) in [5.74, 6) is 0.617. The summed E-state index contributed by atoms with van der Waals surface area (Å²) in [5, 5.41) is 5.91. The third-order valence-electron chi connectivity index (χ3n) is 5.02. The van der Waals surface area contributed by atoms with Gasteiger partial charge in [0.15, 0.2) is 0 Å². The van der Waals surface area contributed by atoms with E-state index >= 15 is 0 Å². The maximum absolute atomic E-state index is 12.2. The Bertz CT molecular complexity index is 807. The summed E-state index contributed by atoms with van der Waals surface area (Å²) in [6.07, 6.45) is 0. The van der Waals surface area contributed by atoms with E-state index in [1.165, 1.54) is 16.7 Å². The molecule has 4 nitrogen and oxygen atoms in total. The van der Waals surface area contributed by atoms with Gasteiger partial charge in [0.25, 0.3) is 0 Å². The summed E-state index contributed by atoms with van der Waals surface area (Å²) in [7, 11) is 1.79. The molecule has 4 N–H and O–H groups in total. The third-order valence-corrected chi connectivity index (χ3v) is 6.57. The van der Waals surface area contributed by atoms with Gasteiger partial charge in [-0.05, 0) is 23.7 Å². The third kappa shape index (κ3) is 5.11. The van der Waals surface area contributed by atoms with Crippen LogP contribution in [0, 0.1) is 0 Å². The first-order valence-electron chi connectivity index (χ1n) is 10.2. The van der Waals surface area contributed by atoms with Crippen LogP contribution in [0.3, 0.4) is 0 Å². The summed E-state index contributed by atoms with van der Waals surface area (Å²) < 4.78 is -0.373. The standard InChI is InChI=1S/C25H29N3OS/c1-27-19-23(26)24(29)28-17-18-30-25(20-11-5-2-6-12-20,21-13-7-3-8-14-21)22-15-9-4-10-16-22/h2-16,23,27H,17-19,26H2,1H3,(H,28,29)/t23-/m0/s1. The van der Waals surface area contributed by atoms with Gasteiger partial charge >= 0.3 is 0 Å². The first kappa shape index (κ1) is 22.1. The van der Waals surface area contributed by atoms with Crippen molar-refractivity contribution in [3.63, 3.8) is 0 Å². The van der Waals surface area contributed by atoms with Gasteiger partial charge in [0.05, 0.1) is 10.8 Å². The van der Waals surface area contributed by atoms with Gasteiger partial charge in [-0.25, -0.2) is 0 Å². The molecule has 0 radical (unpaired) electrons. The average molecular weight is 420 g/mol. The molecule has 3 rings (SSSR count). The molecule has 3 aromatic rings. The molecule has 0 aliphatic heterocycles. The monoisotopic (exact) mass is 419 g/mol. The van der Waals surface area contributed by atoms with Crippen LogP contribution in [-0.2, 0) is 9.54 Å². The highest BCUT2D eigenvalue weighted by atomic mass is 32.2. The normalized spacial score (nSPS) is 12.3. The molecule has 0 aromatic heterocycles. The van der Waals surface area contributed by atoms with Crippen molar-refractivity contribution in [2.24, 2.45) is 5.73 Å². The smallest absolute Gasteiger partial charge is 0.238 e. The topological polar surface area (TPSA) is 67.1 Å². The van der Waals surface area contributed by atoms with Crippen LogP contribution >= 0.6 is 11.8 Å². The summed E-state index contributed by atoms with van der Waals surface area (Å²) in [6, 6.07) is 31.1. The fourth-order valence-electron chi connectivity index (χ4n) is 3.59. The number of thioether (sulfide) groups is 1. The first-order chi connectivity index (χ1) is 14.7. The van der Waals surface area contributed by atoms with Crippen molar-refractivity contribution in [2.75, 3.05) is 25.9 Å². The number of carbonyl (C=O) groups excluding carboxylic acids is 1. The molecule has 1 atom stereocenters. The quantitative estimate of drug-likeness (QED) is 0.348. The number of likely N-dealkylation sites (N-methyl/N-ethyl adjacent to an activating group) is 1. The number of nitrogens with one attached hydrogen (secondary N) is 2. The van der Waals surface area contributed by atoms with Gasteiger partial charge in [0, 0.05) is 18.8 Å². The molecule has 0 saturated heterocycles. The molecule has 0 aliphatic carbocycles. The second kappa shape index (κ2) is 11.0. The Morgan fingerprint density at radius 2 is 1.30 bits per heavy atom. The lowest BCUT2D eigenvalue weighted by molar-refractivity contribution is -0.122. The van der Waals surface area contributed by atoms with Crippen molar-refractivity contribution in [3.8, 4) is 0 Å². The molecule has 0 saturated carbocycles. The minimum absolute atomic E-state index is 0.130. The Kier molecular flexibility index (Phi) is 8.08. The Labute approximate surface area is 183 Å². The van der Waals surface area contributed by atoms with Crippen LogP contribution in [0.2, 0.25) is 0 Å². The van der Waals surface area contributed by atoms with Crippen LogP contribution in [-0.4, -0.2) is 37.8 Å². The van der Waals surface area contributed by atoms with E-state index in [0.717, 1.165) is 5.75 Å². The van der Waals surface area contributed by atoms with Crippen LogP contribution in [0.25, 0.3) is 0 Å². The summed E-state index contributed by atoms with van der Waals surface area (Å²) in [4.78, 5) is 12.2. The molecule has 0 heterocycles. The summed E-state index contributed by atoms with van der Waals surface area (Å²) in [5.41, 5.74) is 9.53. The zero-order valence-corrected chi connectivity index (χ0v) is 18.1. The second-order valence-electron chi connectivity index (χ2n) is 7.08. The molecular weight excluding hydrogens is 390 g/mol. The molecule has 0 fully saturated rings. The van der Waals surface area contributed by atoms with E-state index < -0.39 is 6.04 Å². The fraction of sp³-hybridized carbons (Fsp3) is 0.240. The predicted octanol–water partition coefficient (Wildman–Crippen LogP) is 3.37. The van der Waals surface area contributed by atoms with Crippen molar-refractivity contribution in [1.29, 1.82) is 0 Å². The number of hydrogen-bond acceptors (Lipinski definition) is 4. The number of nitrogens with two attached hydrogens (primary N) is 1. The van der Waals surface area contributed by atoms with Crippen LogP contribution in [0.1, 0.15) is 16.7 Å². The van der Waals surface area contributed by atoms with Gasteiger partial charge in [-0.15, -0.1) is 11.8 Å². The van der Waals surface area contributed by atoms with Crippen LogP contribution < -0.4 is 16.4 Å². The lowest BCUT2D eigenvalue weighted by Gasteiger charge is -2.35. The Morgan fingerprint density at radius 1 is 0.867 bits per heavy atom. The van der Waals surface area contributed by atoms with Crippen molar-refractivity contribution in [3.05, 3.63) is 108 Å². The molecule has 3 aromatic carbocycles. The fourth-order valence-corrected chi connectivity index (χ4v) is 5.01. The molecule has 0 spiro atoms. The van der Waals surface area contributed by atoms with E-state index in [-0.39, 0.29) is 10.7 Å². The molecule has 0 unspecified atom stereocenters. The van der Waals surface area contributed by atoms with E-state index in [9.17, 15) is 4.79 Å². The van der Waals surface area contributed by atoms with Gasteiger partial charge in [-0.1, -0.05) is 91.0 Å². The molecule has 1 amide bonds. The summed E-state index contributed by atoms with van der Waals surface area (Å²) in [6.45, 7) is 1.01. The van der Waals surface area contributed by atoms with E-state index in [0.29, 0.717) is 13.1 Å². The van der Waals surface area contributed by atoms with Crippen molar-refractivity contribution >= 4 is 17.7 Å². The number of amides is 1. The van der Waals surface area contributed by atoms with Gasteiger partial charge < -0.3 is 16.4 Å². The number of carbonyl (C=O) groups is 1. The highest BCUT2D eigenvalue weighted by Gasteiger charge is 2.36. The highest BCUT2D eigenvalue weighted by molar-refractivity contribution is 8.00. The van der Waals surface area contributed by atoms with E-state index in [4.69, 9.17) is 5.73 Å². The van der Waals surface area contributed by atoms with Crippen LogP contribution in [0.15, 0.2) is 91.0 Å². The largest absolute Gasteiger partial charge is 0.354 e. The minimum Gasteiger partial charge on any atom is -0.354 e. The van der Waals surface area contributed by atoms with E-state index in [2.05, 4.69) is 83.4 Å². The number of benzene rings is 3. The number of hydrogen-bond donors (Lipinski definition) is 3.